The Kier molecular flexibility index (Phi) is 51.8. The molecule has 0 heterocycles. The highest BCUT2D eigenvalue weighted by molar-refractivity contribution is 5.70. The third-order valence-corrected chi connectivity index (χ3v) is 12.8. The fourth-order valence-corrected chi connectivity index (χ4v) is 8.61. The van der Waals surface area contributed by atoms with Gasteiger partial charge in [-0.1, -0.05) is 276 Å². The lowest BCUT2D eigenvalue weighted by atomic mass is 10.0. The van der Waals surface area contributed by atoms with E-state index in [1.807, 2.05) is 0 Å². The van der Waals surface area contributed by atoms with E-state index in [0.29, 0.717) is 12.8 Å². The van der Waals surface area contributed by atoms with E-state index in [9.17, 15) is 14.7 Å². The second kappa shape index (κ2) is 53.0. The molecule has 0 saturated heterocycles. The molecule has 1 unspecified atom stereocenters. The number of hydrogen-bond donors (Lipinski definition) is 1. The Bertz CT molecular complexity index is 886. The molecule has 0 spiro atoms. The Balaban J connectivity index is 3.33. The first kappa shape index (κ1) is 59.6. The topological polar surface area (TPSA) is 72.8 Å². The Morgan fingerprint density at radius 3 is 0.918 bits per heavy atom. The van der Waals surface area contributed by atoms with E-state index in [0.717, 1.165) is 38.5 Å². The summed E-state index contributed by atoms with van der Waals surface area (Å²) in [5.41, 5.74) is 0. The Morgan fingerprint density at radius 2 is 0.607 bits per heavy atom. The summed E-state index contributed by atoms with van der Waals surface area (Å²) >= 11 is 0. The standard InChI is InChI=1S/C56H108O5/c1-3-5-7-9-11-13-15-17-18-19-20-21-22-23-24-25-26-27-28-29-30-31-32-33-34-35-36-37-38-39-41-42-44-46-48-50-55(58)60-53-54(52-57)61-56(59)51-49-47-45-43-40-16-14-12-10-8-6-4-2/h12,14,54,57H,3-11,13,15-53H2,1-2H3/b14-12-. The number of carbonyl (C=O) groups excluding carboxylic acids is 2. The van der Waals surface area contributed by atoms with Crippen LogP contribution in [0.25, 0.3) is 0 Å². The Hall–Kier alpha value is -1.36. The van der Waals surface area contributed by atoms with Crippen LogP contribution in [0.4, 0.5) is 0 Å². The van der Waals surface area contributed by atoms with Gasteiger partial charge in [-0.25, -0.2) is 0 Å². The van der Waals surface area contributed by atoms with Crippen molar-refractivity contribution in [3.8, 4) is 0 Å². The van der Waals surface area contributed by atoms with Crippen LogP contribution in [0, 0.1) is 0 Å². The van der Waals surface area contributed by atoms with Crippen LogP contribution in [0.3, 0.4) is 0 Å². The smallest absolute Gasteiger partial charge is 0.306 e. The van der Waals surface area contributed by atoms with Gasteiger partial charge in [0.15, 0.2) is 6.10 Å². The van der Waals surface area contributed by atoms with E-state index < -0.39 is 6.10 Å². The quantitative estimate of drug-likeness (QED) is 0.0375. The van der Waals surface area contributed by atoms with Crippen LogP contribution in [0.1, 0.15) is 316 Å². The van der Waals surface area contributed by atoms with E-state index in [1.54, 1.807) is 0 Å². The van der Waals surface area contributed by atoms with Gasteiger partial charge in [-0.2, -0.15) is 0 Å². The molecule has 0 fully saturated rings. The zero-order chi connectivity index (χ0) is 44.2. The lowest BCUT2D eigenvalue weighted by molar-refractivity contribution is -0.161. The first-order chi connectivity index (χ1) is 30.1. The van der Waals surface area contributed by atoms with Gasteiger partial charge in [0.1, 0.15) is 6.61 Å². The Labute approximate surface area is 381 Å². The summed E-state index contributed by atoms with van der Waals surface area (Å²) in [7, 11) is 0. The van der Waals surface area contributed by atoms with Crippen molar-refractivity contribution in [2.45, 2.75) is 322 Å². The van der Waals surface area contributed by atoms with Crippen LogP contribution in [-0.4, -0.2) is 36.4 Å². The minimum atomic E-state index is -0.770. The summed E-state index contributed by atoms with van der Waals surface area (Å²) in [5, 5.41) is 9.59. The molecule has 5 nitrogen and oxygen atoms in total. The van der Waals surface area contributed by atoms with Crippen molar-refractivity contribution in [2.24, 2.45) is 0 Å². The largest absolute Gasteiger partial charge is 0.462 e. The number of hydrogen-bond acceptors (Lipinski definition) is 5. The molecule has 0 aromatic rings. The predicted molar refractivity (Wildman–Crippen MR) is 265 cm³/mol. The fourth-order valence-electron chi connectivity index (χ4n) is 8.61. The third-order valence-electron chi connectivity index (χ3n) is 12.8. The molecule has 362 valence electrons. The molecular weight excluding hydrogens is 753 g/mol. The van der Waals surface area contributed by atoms with Gasteiger partial charge in [0, 0.05) is 12.8 Å². The second-order valence-corrected chi connectivity index (χ2v) is 19.0. The lowest BCUT2D eigenvalue weighted by Gasteiger charge is -2.15. The van der Waals surface area contributed by atoms with Gasteiger partial charge >= 0.3 is 11.9 Å². The van der Waals surface area contributed by atoms with Gasteiger partial charge in [0.05, 0.1) is 6.61 Å². The van der Waals surface area contributed by atoms with Crippen LogP contribution >= 0.6 is 0 Å². The Morgan fingerprint density at radius 1 is 0.361 bits per heavy atom. The number of unbranched alkanes of at least 4 members (excludes halogenated alkanes) is 42. The molecule has 0 aromatic heterocycles. The normalized spacial score (nSPS) is 12.1. The summed E-state index contributed by atoms with van der Waals surface area (Å²) in [5.74, 6) is -0.585. The molecule has 0 amide bonds. The van der Waals surface area contributed by atoms with Crippen molar-refractivity contribution in [3.05, 3.63) is 12.2 Å². The molecule has 0 aliphatic carbocycles. The first-order valence-electron chi connectivity index (χ1n) is 27.7. The highest BCUT2D eigenvalue weighted by atomic mass is 16.6. The van der Waals surface area contributed by atoms with Gasteiger partial charge in [-0.3, -0.25) is 9.59 Å². The average Bonchev–Trinajstić information content (AvgIpc) is 3.26. The number of carbonyl (C=O) groups is 2. The van der Waals surface area contributed by atoms with Gasteiger partial charge in [0.2, 0.25) is 0 Å². The van der Waals surface area contributed by atoms with E-state index in [1.165, 1.54) is 250 Å². The minimum Gasteiger partial charge on any atom is -0.462 e. The summed E-state index contributed by atoms with van der Waals surface area (Å²) in [4.78, 5) is 24.4. The zero-order valence-electron chi connectivity index (χ0n) is 41.5. The van der Waals surface area contributed by atoms with E-state index in [2.05, 4.69) is 26.0 Å². The van der Waals surface area contributed by atoms with E-state index in [-0.39, 0.29) is 25.2 Å². The summed E-state index contributed by atoms with van der Waals surface area (Å²) in [6, 6.07) is 0. The number of ether oxygens (including phenoxy) is 2. The van der Waals surface area contributed by atoms with Crippen LogP contribution in [0.5, 0.6) is 0 Å². The number of aliphatic hydroxyl groups is 1. The van der Waals surface area contributed by atoms with Crippen LogP contribution < -0.4 is 0 Å². The van der Waals surface area contributed by atoms with Gasteiger partial charge in [0.25, 0.3) is 0 Å². The maximum absolute atomic E-state index is 12.2. The molecular formula is C56H108O5. The van der Waals surface area contributed by atoms with Crippen molar-refractivity contribution in [1.82, 2.24) is 0 Å². The molecule has 0 saturated carbocycles. The highest BCUT2D eigenvalue weighted by Gasteiger charge is 2.16. The SMILES string of the molecule is CCCCC/C=C\CCCCCCCC(=O)OC(CO)COC(=O)CCCCCCCCCCCCCCCCCCCCCCCCCCCCCCCCCCCCC. The molecule has 0 rings (SSSR count). The van der Waals surface area contributed by atoms with Gasteiger partial charge < -0.3 is 14.6 Å². The zero-order valence-corrected chi connectivity index (χ0v) is 41.5. The average molecular weight is 861 g/mol. The number of rotatable bonds is 52. The molecule has 61 heavy (non-hydrogen) atoms. The number of aliphatic hydroxyl groups excluding tert-OH is 1. The predicted octanol–water partition coefficient (Wildman–Crippen LogP) is 18.4. The molecule has 0 aliphatic heterocycles. The van der Waals surface area contributed by atoms with Gasteiger partial charge in [-0.15, -0.1) is 0 Å². The number of esters is 2. The van der Waals surface area contributed by atoms with E-state index >= 15 is 0 Å². The minimum absolute atomic E-state index is 0.0628. The lowest BCUT2D eigenvalue weighted by Crippen LogP contribution is -2.28. The molecule has 1 N–H and O–H groups in total. The second-order valence-electron chi connectivity index (χ2n) is 19.0. The van der Waals surface area contributed by atoms with Crippen molar-refractivity contribution in [2.75, 3.05) is 13.2 Å². The van der Waals surface area contributed by atoms with Crippen molar-refractivity contribution >= 4 is 11.9 Å². The highest BCUT2D eigenvalue weighted by Crippen LogP contribution is 2.18. The van der Waals surface area contributed by atoms with Crippen molar-refractivity contribution < 1.29 is 24.2 Å². The molecule has 0 aromatic carbocycles. The molecule has 1 atom stereocenters. The molecule has 0 bridgehead atoms. The first-order valence-corrected chi connectivity index (χ1v) is 27.7. The molecule has 5 heteroatoms. The number of allylic oxidation sites excluding steroid dienone is 2. The fraction of sp³-hybridized carbons (Fsp3) is 0.929. The van der Waals surface area contributed by atoms with Crippen LogP contribution in [0.2, 0.25) is 0 Å². The monoisotopic (exact) mass is 861 g/mol. The summed E-state index contributed by atoms with van der Waals surface area (Å²) < 4.78 is 10.7. The maximum atomic E-state index is 12.2. The molecule has 0 aliphatic rings. The molecule has 0 radical (unpaired) electrons. The third kappa shape index (κ3) is 51.2. The van der Waals surface area contributed by atoms with Crippen LogP contribution in [-0.2, 0) is 19.1 Å². The summed E-state index contributed by atoms with van der Waals surface area (Å²) in [6.45, 7) is 4.15. The van der Waals surface area contributed by atoms with Crippen molar-refractivity contribution in [3.63, 3.8) is 0 Å². The van der Waals surface area contributed by atoms with Crippen LogP contribution in [0.15, 0.2) is 12.2 Å². The maximum Gasteiger partial charge on any atom is 0.306 e. The summed E-state index contributed by atoms with van der Waals surface area (Å²) in [6.07, 6.45) is 65.0. The van der Waals surface area contributed by atoms with Gasteiger partial charge in [-0.05, 0) is 38.5 Å². The van der Waals surface area contributed by atoms with E-state index in [4.69, 9.17) is 9.47 Å². The van der Waals surface area contributed by atoms with Crippen molar-refractivity contribution in [1.29, 1.82) is 0 Å².